The summed E-state index contributed by atoms with van der Waals surface area (Å²) in [7, 11) is 11.2. The Bertz CT molecular complexity index is 1820. The summed E-state index contributed by atoms with van der Waals surface area (Å²) in [6.45, 7) is 27.4. The molecule has 4 radical (unpaired) electrons. The summed E-state index contributed by atoms with van der Waals surface area (Å²) in [5.74, 6) is 0. The Morgan fingerprint density at radius 2 is 0.833 bits per heavy atom. The molecule has 0 unspecified atom stereocenters. The molecule has 0 heterocycles. The van der Waals surface area contributed by atoms with E-state index in [1.807, 2.05) is 55.4 Å². The van der Waals surface area contributed by atoms with Crippen molar-refractivity contribution in [3.63, 3.8) is 0 Å². The van der Waals surface area contributed by atoms with Crippen LogP contribution in [0.5, 0.6) is 0 Å². The van der Waals surface area contributed by atoms with Gasteiger partial charge in [-0.25, -0.2) is 0 Å². The Morgan fingerprint density at radius 1 is 0.433 bits per heavy atom. The van der Waals surface area contributed by atoms with Gasteiger partial charge in [-0.1, -0.05) is 208 Å². The van der Waals surface area contributed by atoms with E-state index in [4.69, 9.17) is 15.7 Å². The van der Waals surface area contributed by atoms with Crippen LogP contribution in [-0.4, -0.2) is 46.6 Å². The number of anilines is 1. The number of hydrogen-bond acceptors (Lipinski definition) is 2. The Kier molecular flexibility index (Phi) is 28.4. The summed E-state index contributed by atoms with van der Waals surface area (Å²) in [4.78, 5) is 4.36. The smallest absolute Gasteiger partial charge is 0.0942 e. The zero-order valence-corrected chi connectivity index (χ0v) is 39.6. The highest BCUT2D eigenvalue weighted by Gasteiger charge is 2.17. The minimum Gasteiger partial charge on any atom is -0.381 e. The molecule has 4 heteroatoms. The fraction of sp³-hybridized carbons (Fsp3) is 0.357. The van der Waals surface area contributed by atoms with Crippen molar-refractivity contribution in [1.82, 2.24) is 4.90 Å². The zero-order valence-electron chi connectivity index (χ0n) is 39.6. The number of hydrogen-bond donors (Lipinski definition) is 0. The van der Waals surface area contributed by atoms with Crippen LogP contribution >= 0.6 is 0 Å². The molecule has 0 aromatic heterocycles. The molecule has 2 nitrogen and oxygen atoms in total. The van der Waals surface area contributed by atoms with Crippen molar-refractivity contribution < 1.29 is 0 Å². The standard InChI is InChI=1S/2C13H10.2C11H16BN.4C2H6/c2*1-3-7-12-10(5-1)9-11-6-2-4-8-13(11)12;1-3-13(9-12)8-11-6-4-5-10(2)7-11;1-3-10-6-5-7-11(8-10)13(4-2)9-12;4*1-2/h2*1-8H,9H2;4-7H,3,8-9H2,1-2H3;5-8H,3-4,9H2,1-2H3;4*1-2H3. The van der Waals surface area contributed by atoms with Crippen molar-refractivity contribution in [2.24, 2.45) is 0 Å². The number of aryl methyl sites for hydroxylation is 2. The largest absolute Gasteiger partial charge is 0.381 e. The van der Waals surface area contributed by atoms with Gasteiger partial charge in [-0.05, 0) is 120 Å². The van der Waals surface area contributed by atoms with E-state index in [9.17, 15) is 0 Å². The fourth-order valence-electron chi connectivity index (χ4n) is 6.92. The number of rotatable bonds is 8. The molecule has 0 saturated heterocycles. The molecule has 2 aliphatic rings. The molecule has 0 aliphatic heterocycles. The fourth-order valence-corrected chi connectivity index (χ4v) is 6.92. The second-order valence-electron chi connectivity index (χ2n) is 13.4. The van der Waals surface area contributed by atoms with Gasteiger partial charge in [0.25, 0.3) is 0 Å². The van der Waals surface area contributed by atoms with Gasteiger partial charge in [0.1, 0.15) is 0 Å². The highest BCUT2D eigenvalue weighted by molar-refractivity contribution is 6.10. The van der Waals surface area contributed by atoms with Gasteiger partial charge >= 0.3 is 0 Å². The first kappa shape index (κ1) is 53.2. The predicted octanol–water partition coefficient (Wildman–Crippen LogP) is 14.8. The van der Waals surface area contributed by atoms with Gasteiger partial charge in [0, 0.05) is 18.8 Å². The van der Waals surface area contributed by atoms with E-state index in [1.165, 1.54) is 66.9 Å². The van der Waals surface area contributed by atoms with E-state index in [0.29, 0.717) is 12.9 Å². The van der Waals surface area contributed by atoms with Gasteiger partial charge in [-0.2, -0.15) is 0 Å². The first-order valence-electron chi connectivity index (χ1n) is 22.8. The van der Waals surface area contributed by atoms with Gasteiger partial charge in [0.2, 0.25) is 0 Å². The number of fused-ring (bicyclic) bond motifs is 6. The lowest BCUT2D eigenvalue weighted by molar-refractivity contribution is 0.327. The van der Waals surface area contributed by atoms with E-state index >= 15 is 0 Å². The lowest BCUT2D eigenvalue weighted by Gasteiger charge is -2.21. The average Bonchev–Trinajstić information content (AvgIpc) is 3.91. The van der Waals surface area contributed by atoms with Crippen LogP contribution in [0.3, 0.4) is 0 Å². The second kappa shape index (κ2) is 32.0. The first-order valence-corrected chi connectivity index (χ1v) is 22.8. The zero-order chi connectivity index (χ0) is 44.7. The third kappa shape index (κ3) is 16.7. The van der Waals surface area contributed by atoms with E-state index in [2.05, 4.69) is 183 Å². The third-order valence-corrected chi connectivity index (χ3v) is 9.89. The molecular formula is C56H76B2N2. The molecule has 8 rings (SSSR count). The van der Waals surface area contributed by atoms with Crippen molar-refractivity contribution in [1.29, 1.82) is 0 Å². The van der Waals surface area contributed by atoms with Crippen LogP contribution in [-0.2, 0) is 25.8 Å². The molecule has 0 fully saturated rings. The van der Waals surface area contributed by atoms with Crippen LogP contribution < -0.4 is 4.90 Å². The van der Waals surface area contributed by atoms with Crippen LogP contribution in [0.2, 0.25) is 0 Å². The molecule has 0 atom stereocenters. The van der Waals surface area contributed by atoms with Gasteiger partial charge in [0.15, 0.2) is 0 Å². The molecule has 60 heavy (non-hydrogen) atoms. The molecule has 0 saturated carbocycles. The molecule has 316 valence electrons. The predicted molar refractivity (Wildman–Crippen MR) is 272 cm³/mol. The monoisotopic (exact) mass is 799 g/mol. The SMILES string of the molecule is CC.CC.CC.CC.[B]CN(CC)Cc1cccc(C)c1.[B]CN(CC)c1cccc(CC)c1.c1ccc2c(c1)Cc1ccccc1-2.c1ccc2c(c1)Cc1ccccc1-2. The molecule has 6 aromatic rings. The maximum Gasteiger partial charge on any atom is 0.0942 e. The molecular weight excluding hydrogens is 722 g/mol. The molecule has 6 aromatic carbocycles. The van der Waals surface area contributed by atoms with Crippen molar-refractivity contribution >= 4 is 21.4 Å². The molecule has 0 amide bonds. The first-order chi connectivity index (χ1) is 29.5. The van der Waals surface area contributed by atoms with Crippen LogP contribution in [0.15, 0.2) is 146 Å². The van der Waals surface area contributed by atoms with Crippen molar-refractivity contribution in [3.05, 3.63) is 185 Å². The van der Waals surface area contributed by atoms with Crippen LogP contribution in [0.4, 0.5) is 5.69 Å². The maximum absolute atomic E-state index is 5.63. The van der Waals surface area contributed by atoms with Crippen molar-refractivity contribution in [3.8, 4) is 22.3 Å². The van der Waals surface area contributed by atoms with Crippen molar-refractivity contribution in [2.75, 3.05) is 30.9 Å². The Labute approximate surface area is 371 Å². The molecule has 0 bridgehead atoms. The third-order valence-electron chi connectivity index (χ3n) is 9.89. The van der Waals surface area contributed by atoms with E-state index in [0.717, 1.165) is 38.9 Å². The summed E-state index contributed by atoms with van der Waals surface area (Å²) >= 11 is 0. The lowest BCUT2D eigenvalue weighted by Crippen LogP contribution is -2.23. The average molecular weight is 799 g/mol. The Morgan fingerprint density at radius 3 is 1.18 bits per heavy atom. The summed E-state index contributed by atoms with van der Waals surface area (Å²) in [5.41, 5.74) is 16.7. The second-order valence-corrected chi connectivity index (χ2v) is 13.4. The molecule has 0 spiro atoms. The van der Waals surface area contributed by atoms with Gasteiger partial charge < -0.3 is 9.80 Å². The van der Waals surface area contributed by atoms with Gasteiger partial charge in [-0.3, -0.25) is 0 Å². The molecule has 2 aliphatic carbocycles. The minimum absolute atomic E-state index is 0.587. The summed E-state index contributed by atoms with van der Waals surface area (Å²) in [6.07, 6.45) is 4.50. The quantitative estimate of drug-likeness (QED) is 0.141. The Hall–Kier alpha value is -4.79. The highest BCUT2D eigenvalue weighted by Crippen LogP contribution is 2.36. The van der Waals surface area contributed by atoms with Crippen LogP contribution in [0.1, 0.15) is 115 Å². The Balaban J connectivity index is 0.000000378. The lowest BCUT2D eigenvalue weighted by atomic mass is 10.1. The summed E-state index contributed by atoms with van der Waals surface area (Å²) < 4.78 is 0. The van der Waals surface area contributed by atoms with E-state index in [-0.39, 0.29) is 0 Å². The van der Waals surface area contributed by atoms with Crippen LogP contribution in [0.25, 0.3) is 22.3 Å². The number of benzene rings is 6. The van der Waals surface area contributed by atoms with Crippen LogP contribution in [0, 0.1) is 6.92 Å². The highest BCUT2D eigenvalue weighted by atomic mass is 15.1. The van der Waals surface area contributed by atoms with E-state index in [1.54, 1.807) is 0 Å². The van der Waals surface area contributed by atoms with Crippen molar-refractivity contribution in [2.45, 2.75) is 109 Å². The summed E-state index contributed by atoms with van der Waals surface area (Å²) in [5, 5.41) is 0. The topological polar surface area (TPSA) is 6.48 Å². The van der Waals surface area contributed by atoms with Gasteiger partial charge in [0.05, 0.1) is 15.7 Å². The minimum atomic E-state index is 0.587. The normalized spacial score (nSPS) is 10.2. The van der Waals surface area contributed by atoms with Gasteiger partial charge in [-0.15, -0.1) is 0 Å². The maximum atomic E-state index is 5.63. The van der Waals surface area contributed by atoms with E-state index < -0.39 is 0 Å². The number of nitrogens with zero attached hydrogens (tertiary/aromatic N) is 2. The summed E-state index contributed by atoms with van der Waals surface area (Å²) in [6, 6.07) is 51.7. The molecule has 0 N–H and O–H groups in total.